The second kappa shape index (κ2) is 19.0. The number of thiophene rings is 1. The maximum absolute atomic E-state index is 2.60. The van der Waals surface area contributed by atoms with Gasteiger partial charge < -0.3 is 4.90 Å². The number of rotatable bonds is 19. The smallest absolute Gasteiger partial charge is 0.0540 e. The first-order valence-electron chi connectivity index (χ1n) is 22.8. The highest BCUT2D eigenvalue weighted by Gasteiger charge is 2.42. The number of unbranched alkanes of at least 4 members (excludes halogenated alkanes) is 10. The molecule has 1 heterocycles. The number of benzene rings is 6. The van der Waals surface area contributed by atoms with Crippen molar-refractivity contribution >= 4 is 39.2 Å². The van der Waals surface area contributed by atoms with E-state index in [0.717, 1.165) is 11.4 Å². The van der Waals surface area contributed by atoms with Gasteiger partial charge in [-0.2, -0.15) is 0 Å². The third kappa shape index (κ3) is 8.85. The second-order valence-corrected chi connectivity index (χ2v) is 18.6. The molecule has 0 fully saturated rings. The van der Waals surface area contributed by atoms with Gasteiger partial charge in [-0.15, -0.1) is 11.3 Å². The normalized spacial score (nSPS) is 12.8. The van der Waals surface area contributed by atoms with Crippen molar-refractivity contribution in [3.05, 3.63) is 161 Å². The minimum Gasteiger partial charge on any atom is -0.310 e. The maximum Gasteiger partial charge on any atom is 0.0540 e. The van der Waals surface area contributed by atoms with Crippen LogP contribution in [0.5, 0.6) is 0 Å². The van der Waals surface area contributed by atoms with E-state index in [1.165, 1.54) is 149 Å². The zero-order valence-electron chi connectivity index (χ0n) is 36.0. The van der Waals surface area contributed by atoms with Gasteiger partial charge in [-0.05, 0) is 120 Å². The van der Waals surface area contributed by atoms with Crippen molar-refractivity contribution in [2.24, 2.45) is 0 Å². The second-order valence-electron chi connectivity index (χ2n) is 17.3. The number of anilines is 3. The summed E-state index contributed by atoms with van der Waals surface area (Å²) >= 11 is 1.85. The van der Waals surface area contributed by atoms with Gasteiger partial charge in [-0.25, -0.2) is 0 Å². The fourth-order valence-electron chi connectivity index (χ4n) is 9.86. The molecule has 7 aromatic rings. The summed E-state index contributed by atoms with van der Waals surface area (Å²) in [6, 6.07) is 53.1. The predicted octanol–water partition coefficient (Wildman–Crippen LogP) is 18.1. The Balaban J connectivity index is 1.15. The summed E-state index contributed by atoms with van der Waals surface area (Å²) in [6.45, 7) is 9.11. The van der Waals surface area contributed by atoms with Gasteiger partial charge in [0, 0.05) is 31.9 Å². The molecule has 1 aromatic heterocycles. The number of aryl methyl sites for hydroxylation is 2. The lowest BCUT2D eigenvalue weighted by molar-refractivity contribution is 0.398. The molecule has 0 saturated heterocycles. The molecule has 6 aromatic carbocycles. The van der Waals surface area contributed by atoms with Gasteiger partial charge in [0.2, 0.25) is 0 Å². The minimum atomic E-state index is 0.0707. The molecule has 302 valence electrons. The van der Waals surface area contributed by atoms with Crippen molar-refractivity contribution in [3.8, 4) is 32.7 Å². The Bertz CT molecular complexity index is 2430. The monoisotopic (exact) mass is 793 g/mol. The van der Waals surface area contributed by atoms with Crippen LogP contribution in [-0.4, -0.2) is 0 Å². The Labute approximate surface area is 359 Å². The van der Waals surface area contributed by atoms with Crippen LogP contribution in [0.15, 0.2) is 140 Å². The van der Waals surface area contributed by atoms with Crippen molar-refractivity contribution in [2.45, 2.75) is 123 Å². The molecule has 59 heavy (non-hydrogen) atoms. The van der Waals surface area contributed by atoms with Gasteiger partial charge >= 0.3 is 0 Å². The lowest BCUT2D eigenvalue weighted by atomic mass is 9.70. The van der Waals surface area contributed by atoms with Crippen molar-refractivity contribution in [3.63, 3.8) is 0 Å². The van der Waals surface area contributed by atoms with E-state index in [1.54, 1.807) is 11.1 Å². The average Bonchev–Trinajstić information content (AvgIpc) is 3.82. The van der Waals surface area contributed by atoms with E-state index in [9.17, 15) is 0 Å². The largest absolute Gasteiger partial charge is 0.310 e. The summed E-state index contributed by atoms with van der Waals surface area (Å²) < 4.78 is 0. The summed E-state index contributed by atoms with van der Waals surface area (Å²) in [6.07, 6.45) is 18.5. The van der Waals surface area contributed by atoms with E-state index in [-0.39, 0.29) is 5.41 Å². The van der Waals surface area contributed by atoms with Crippen molar-refractivity contribution < 1.29 is 0 Å². The van der Waals surface area contributed by atoms with Crippen LogP contribution in [0.2, 0.25) is 0 Å². The number of nitrogens with zero attached hydrogens (tertiary/aromatic N) is 1. The SMILES string of the molecule is CCCCCCCCC1(CCCCCCCC)c2cc(C)ccc2-c2ccc(-c3ccc(N(c4ccc(-c5ccc(C)s5)cc4)c4cccc5ccccc45)cc3)cc21. The van der Waals surface area contributed by atoms with Crippen molar-refractivity contribution in [1.82, 2.24) is 0 Å². The summed E-state index contributed by atoms with van der Waals surface area (Å²) in [7, 11) is 0. The molecular weight excluding hydrogens is 731 g/mol. The highest BCUT2D eigenvalue weighted by atomic mass is 32.1. The molecule has 0 spiro atoms. The summed E-state index contributed by atoms with van der Waals surface area (Å²) in [5, 5.41) is 2.49. The molecule has 0 saturated carbocycles. The Morgan fingerprint density at radius 3 is 1.68 bits per heavy atom. The molecule has 1 nitrogen and oxygen atoms in total. The molecule has 0 atom stereocenters. The zero-order valence-corrected chi connectivity index (χ0v) is 36.9. The van der Waals surface area contributed by atoms with E-state index in [0.29, 0.717) is 0 Å². The predicted molar refractivity (Wildman–Crippen MR) is 259 cm³/mol. The van der Waals surface area contributed by atoms with Gasteiger partial charge in [0.15, 0.2) is 0 Å². The molecule has 0 bridgehead atoms. The Morgan fingerprint density at radius 2 is 1.03 bits per heavy atom. The van der Waals surface area contributed by atoms with Crippen LogP contribution in [0.3, 0.4) is 0 Å². The topological polar surface area (TPSA) is 3.24 Å². The molecule has 1 aliphatic rings. The van der Waals surface area contributed by atoms with Crippen LogP contribution < -0.4 is 4.90 Å². The van der Waals surface area contributed by atoms with Crippen LogP contribution in [0.25, 0.3) is 43.5 Å². The molecule has 0 amide bonds. The quantitative estimate of drug-likeness (QED) is 0.0737. The number of hydrogen-bond donors (Lipinski definition) is 0. The molecular formula is C57H63NS. The summed E-state index contributed by atoms with van der Waals surface area (Å²) in [5.74, 6) is 0. The minimum absolute atomic E-state index is 0.0707. The van der Waals surface area contributed by atoms with Crippen LogP contribution in [0.1, 0.15) is 125 Å². The van der Waals surface area contributed by atoms with Gasteiger partial charge in [-0.3, -0.25) is 0 Å². The number of hydrogen-bond acceptors (Lipinski definition) is 2. The number of fused-ring (bicyclic) bond motifs is 4. The Hall–Kier alpha value is -4.92. The summed E-state index contributed by atoms with van der Waals surface area (Å²) in [5.41, 5.74) is 14.9. The lowest BCUT2D eigenvalue weighted by Gasteiger charge is -2.33. The van der Waals surface area contributed by atoms with Crippen LogP contribution >= 0.6 is 11.3 Å². The molecule has 0 unspecified atom stereocenters. The van der Waals surface area contributed by atoms with Crippen molar-refractivity contribution in [1.29, 1.82) is 0 Å². The van der Waals surface area contributed by atoms with E-state index in [2.05, 4.69) is 172 Å². The first-order valence-corrected chi connectivity index (χ1v) is 23.6. The first kappa shape index (κ1) is 40.8. The molecule has 0 N–H and O–H groups in total. The standard InChI is InChI=1S/C57H63NS/c1-5-7-9-11-13-17-38-57(39-18-14-12-10-8-6-2)53-40-42(3)24-35-51(53)52-36-30-47(41-54(52)57)44-26-31-48(32-27-44)58(55-23-19-21-45-20-15-16-22-50(45)55)49-33-28-46(29-34-49)56-37-25-43(4)59-56/h15-16,19-37,40-41H,5-14,17-18,38-39H2,1-4H3. The van der Waals surface area contributed by atoms with Gasteiger partial charge in [0.05, 0.1) is 5.69 Å². The third-order valence-corrected chi connectivity index (χ3v) is 14.1. The van der Waals surface area contributed by atoms with E-state index in [1.807, 2.05) is 11.3 Å². The van der Waals surface area contributed by atoms with Gasteiger partial charge in [0.25, 0.3) is 0 Å². The Morgan fingerprint density at radius 1 is 0.475 bits per heavy atom. The van der Waals surface area contributed by atoms with Crippen LogP contribution in [-0.2, 0) is 5.41 Å². The fraction of sp³-hybridized carbons (Fsp3) is 0.333. The Kier molecular flexibility index (Phi) is 13.1. The van der Waals surface area contributed by atoms with Gasteiger partial charge in [0.1, 0.15) is 0 Å². The lowest BCUT2D eigenvalue weighted by Crippen LogP contribution is -2.25. The van der Waals surface area contributed by atoms with Crippen molar-refractivity contribution in [2.75, 3.05) is 4.90 Å². The average molecular weight is 794 g/mol. The first-order chi connectivity index (χ1) is 29.0. The highest BCUT2D eigenvalue weighted by molar-refractivity contribution is 7.15. The molecule has 2 heteroatoms. The fourth-order valence-corrected chi connectivity index (χ4v) is 10.7. The van der Waals surface area contributed by atoms with Crippen LogP contribution in [0.4, 0.5) is 17.1 Å². The third-order valence-electron chi connectivity index (χ3n) is 13.0. The van der Waals surface area contributed by atoms with Gasteiger partial charge in [-0.1, -0.05) is 187 Å². The zero-order chi connectivity index (χ0) is 40.6. The molecule has 1 aliphatic carbocycles. The van der Waals surface area contributed by atoms with E-state index >= 15 is 0 Å². The van der Waals surface area contributed by atoms with Crippen LogP contribution in [0, 0.1) is 13.8 Å². The molecule has 0 aliphatic heterocycles. The molecule has 0 radical (unpaired) electrons. The highest BCUT2D eigenvalue weighted by Crippen LogP contribution is 2.55. The summed E-state index contributed by atoms with van der Waals surface area (Å²) in [4.78, 5) is 5.08. The maximum atomic E-state index is 2.60. The van der Waals surface area contributed by atoms with E-state index in [4.69, 9.17) is 0 Å². The van der Waals surface area contributed by atoms with E-state index < -0.39 is 0 Å². The molecule has 8 rings (SSSR count).